The van der Waals surface area contributed by atoms with Crippen LogP contribution in [0.1, 0.15) is 51.0 Å². The fourth-order valence-corrected chi connectivity index (χ4v) is 3.48. The molecule has 2 saturated heterocycles. The first-order chi connectivity index (χ1) is 10.1. The van der Waals surface area contributed by atoms with Crippen LogP contribution in [0.25, 0.3) is 0 Å². The van der Waals surface area contributed by atoms with Crippen molar-refractivity contribution >= 4 is 11.7 Å². The van der Waals surface area contributed by atoms with E-state index in [-0.39, 0.29) is 6.03 Å². The molecule has 3 rings (SSSR count). The maximum absolute atomic E-state index is 12.1. The maximum Gasteiger partial charge on any atom is 0.319 e. The van der Waals surface area contributed by atoms with Gasteiger partial charge in [-0.3, -0.25) is 0 Å². The summed E-state index contributed by atoms with van der Waals surface area (Å²) < 4.78 is 0. The Morgan fingerprint density at radius 3 is 2.33 bits per heavy atom. The van der Waals surface area contributed by atoms with Gasteiger partial charge in [0, 0.05) is 23.8 Å². The Kier molecular flexibility index (Phi) is 4.15. The van der Waals surface area contributed by atoms with Gasteiger partial charge in [0.2, 0.25) is 0 Å². The molecule has 2 aliphatic heterocycles. The molecule has 3 N–H and O–H groups in total. The van der Waals surface area contributed by atoms with E-state index in [1.165, 1.54) is 18.4 Å². The molecule has 1 aromatic carbocycles. The second-order valence-corrected chi connectivity index (χ2v) is 6.68. The number of anilines is 1. The number of benzene rings is 1. The Balaban J connectivity index is 1.52. The lowest BCUT2D eigenvalue weighted by atomic mass is 10.00. The molecule has 0 spiro atoms. The normalized spacial score (nSPS) is 27.7. The molecule has 2 heterocycles. The lowest BCUT2D eigenvalue weighted by molar-refractivity contribution is 0.240. The van der Waals surface area contributed by atoms with E-state index in [9.17, 15) is 4.79 Å². The van der Waals surface area contributed by atoms with Crippen LogP contribution in [-0.2, 0) is 0 Å². The molecule has 4 heteroatoms. The molecule has 0 radical (unpaired) electrons. The van der Waals surface area contributed by atoms with Crippen LogP contribution in [0.4, 0.5) is 10.5 Å². The predicted molar refractivity (Wildman–Crippen MR) is 85.7 cm³/mol. The van der Waals surface area contributed by atoms with Gasteiger partial charge in [-0.25, -0.2) is 4.79 Å². The highest BCUT2D eigenvalue weighted by molar-refractivity contribution is 5.89. The van der Waals surface area contributed by atoms with Crippen LogP contribution in [0.5, 0.6) is 0 Å². The minimum absolute atomic E-state index is 0.0846. The van der Waals surface area contributed by atoms with Crippen molar-refractivity contribution in [2.75, 3.05) is 5.32 Å². The smallest absolute Gasteiger partial charge is 0.319 e. The molecule has 2 fully saturated rings. The average Bonchev–Trinajstić information content (AvgIpc) is 2.78. The Bertz CT molecular complexity index is 485. The molecule has 2 aliphatic rings. The Morgan fingerprint density at radius 1 is 1.14 bits per heavy atom. The molecule has 0 aromatic heterocycles. The molecular formula is C17H25N3O. The lowest BCUT2D eigenvalue weighted by Crippen LogP contribution is -2.49. The summed E-state index contributed by atoms with van der Waals surface area (Å²) in [6.07, 6.45) is 4.61. The number of hydrogen-bond acceptors (Lipinski definition) is 2. The molecule has 114 valence electrons. The van der Waals surface area contributed by atoms with Gasteiger partial charge in [0.25, 0.3) is 0 Å². The summed E-state index contributed by atoms with van der Waals surface area (Å²) in [6.45, 7) is 4.33. The van der Waals surface area contributed by atoms with Crippen LogP contribution >= 0.6 is 0 Å². The van der Waals surface area contributed by atoms with Crippen LogP contribution < -0.4 is 16.0 Å². The van der Waals surface area contributed by atoms with E-state index in [4.69, 9.17) is 0 Å². The van der Waals surface area contributed by atoms with Crippen molar-refractivity contribution in [2.24, 2.45) is 0 Å². The molecule has 2 unspecified atom stereocenters. The molecule has 21 heavy (non-hydrogen) atoms. The first kappa shape index (κ1) is 14.4. The minimum Gasteiger partial charge on any atom is -0.335 e. The van der Waals surface area contributed by atoms with Crippen molar-refractivity contribution < 1.29 is 4.79 Å². The number of fused-ring (bicyclic) bond motifs is 2. The number of nitrogens with one attached hydrogen (secondary N) is 3. The number of amides is 2. The van der Waals surface area contributed by atoms with Crippen LogP contribution in [0.2, 0.25) is 0 Å². The summed E-state index contributed by atoms with van der Waals surface area (Å²) in [7, 11) is 0. The van der Waals surface area contributed by atoms with Crippen LogP contribution in [-0.4, -0.2) is 24.2 Å². The van der Waals surface area contributed by atoms with E-state index in [0.717, 1.165) is 18.5 Å². The van der Waals surface area contributed by atoms with Gasteiger partial charge in [-0.2, -0.15) is 0 Å². The third-order valence-corrected chi connectivity index (χ3v) is 4.64. The van der Waals surface area contributed by atoms with Crippen LogP contribution in [0, 0.1) is 0 Å². The van der Waals surface area contributed by atoms with Gasteiger partial charge in [-0.15, -0.1) is 0 Å². The standard InChI is InChI=1S/C17H25N3O/c1-11(2)12-3-5-13(6-4-12)19-17(21)20-16-9-14-7-8-15(10-16)18-14/h3-6,11,14-16,18H,7-10H2,1-2H3,(H2,19,20,21). The predicted octanol–water partition coefficient (Wildman–Crippen LogP) is 3.21. The van der Waals surface area contributed by atoms with Gasteiger partial charge in [0.15, 0.2) is 0 Å². The number of carbonyl (C=O) groups is 1. The SMILES string of the molecule is CC(C)c1ccc(NC(=O)NC2CC3CCC(C2)N3)cc1. The summed E-state index contributed by atoms with van der Waals surface area (Å²) >= 11 is 0. The molecule has 1 aromatic rings. The molecule has 0 aliphatic carbocycles. The zero-order valence-corrected chi connectivity index (χ0v) is 12.9. The number of urea groups is 1. The number of piperidine rings is 1. The highest BCUT2D eigenvalue weighted by Crippen LogP contribution is 2.26. The van der Waals surface area contributed by atoms with E-state index in [2.05, 4.69) is 41.9 Å². The zero-order valence-electron chi connectivity index (χ0n) is 12.9. The second-order valence-electron chi connectivity index (χ2n) is 6.68. The van der Waals surface area contributed by atoms with Crippen molar-refractivity contribution in [3.63, 3.8) is 0 Å². The first-order valence-electron chi connectivity index (χ1n) is 8.03. The largest absolute Gasteiger partial charge is 0.335 e. The van der Waals surface area contributed by atoms with Gasteiger partial charge >= 0.3 is 6.03 Å². The topological polar surface area (TPSA) is 53.2 Å². The van der Waals surface area contributed by atoms with Gasteiger partial charge < -0.3 is 16.0 Å². The van der Waals surface area contributed by atoms with Crippen molar-refractivity contribution in [3.05, 3.63) is 29.8 Å². The summed E-state index contributed by atoms with van der Waals surface area (Å²) in [5.41, 5.74) is 2.14. The molecule has 4 nitrogen and oxygen atoms in total. The second kappa shape index (κ2) is 6.06. The van der Waals surface area contributed by atoms with E-state index < -0.39 is 0 Å². The molecule has 0 saturated carbocycles. The van der Waals surface area contributed by atoms with Gasteiger partial charge in [-0.1, -0.05) is 26.0 Å². The molecule has 2 atom stereocenters. The lowest BCUT2D eigenvalue weighted by Gasteiger charge is -2.29. The summed E-state index contributed by atoms with van der Waals surface area (Å²) in [5.74, 6) is 0.512. The summed E-state index contributed by atoms with van der Waals surface area (Å²) in [4.78, 5) is 12.1. The van der Waals surface area contributed by atoms with Crippen molar-refractivity contribution in [2.45, 2.75) is 63.6 Å². The Morgan fingerprint density at radius 2 is 1.76 bits per heavy atom. The third kappa shape index (κ3) is 3.56. The minimum atomic E-state index is -0.0846. The fourth-order valence-electron chi connectivity index (χ4n) is 3.48. The van der Waals surface area contributed by atoms with E-state index in [1.54, 1.807) is 0 Å². The van der Waals surface area contributed by atoms with Crippen molar-refractivity contribution in [3.8, 4) is 0 Å². The fraction of sp³-hybridized carbons (Fsp3) is 0.588. The third-order valence-electron chi connectivity index (χ3n) is 4.64. The Hall–Kier alpha value is -1.55. The zero-order chi connectivity index (χ0) is 14.8. The van der Waals surface area contributed by atoms with Gasteiger partial charge in [-0.05, 0) is 49.3 Å². The van der Waals surface area contributed by atoms with Crippen LogP contribution in [0.3, 0.4) is 0 Å². The quantitative estimate of drug-likeness (QED) is 0.799. The molecule has 2 amide bonds. The van der Waals surface area contributed by atoms with E-state index in [1.807, 2.05) is 12.1 Å². The van der Waals surface area contributed by atoms with E-state index >= 15 is 0 Å². The van der Waals surface area contributed by atoms with Crippen LogP contribution in [0.15, 0.2) is 24.3 Å². The molecular weight excluding hydrogens is 262 g/mol. The number of carbonyl (C=O) groups excluding carboxylic acids is 1. The summed E-state index contributed by atoms with van der Waals surface area (Å²) in [5, 5.41) is 9.64. The Labute approximate surface area is 126 Å². The highest BCUT2D eigenvalue weighted by Gasteiger charge is 2.33. The van der Waals surface area contributed by atoms with E-state index in [0.29, 0.717) is 24.0 Å². The monoisotopic (exact) mass is 287 g/mol. The summed E-state index contributed by atoms with van der Waals surface area (Å²) in [6, 6.07) is 9.51. The van der Waals surface area contributed by atoms with Crippen molar-refractivity contribution in [1.29, 1.82) is 0 Å². The van der Waals surface area contributed by atoms with Gasteiger partial charge in [0.05, 0.1) is 0 Å². The maximum atomic E-state index is 12.1. The first-order valence-corrected chi connectivity index (χ1v) is 8.03. The average molecular weight is 287 g/mol. The molecule has 2 bridgehead atoms. The number of hydrogen-bond donors (Lipinski definition) is 3. The van der Waals surface area contributed by atoms with Gasteiger partial charge in [0.1, 0.15) is 0 Å². The highest BCUT2D eigenvalue weighted by atomic mass is 16.2. The number of rotatable bonds is 3. The van der Waals surface area contributed by atoms with Crippen molar-refractivity contribution in [1.82, 2.24) is 10.6 Å².